The molecule has 0 aliphatic carbocycles. The Morgan fingerprint density at radius 1 is 1.00 bits per heavy atom. The largest absolute Gasteiger partial charge is 0.325 e. The Bertz CT molecular complexity index is 1260. The molecule has 0 saturated carbocycles. The molecule has 0 bridgehead atoms. The number of fused-ring (bicyclic) bond motifs is 2. The lowest BCUT2D eigenvalue weighted by Gasteiger charge is -2.16. The molecule has 0 radical (unpaired) electrons. The summed E-state index contributed by atoms with van der Waals surface area (Å²) >= 11 is 1.28. The van der Waals surface area contributed by atoms with Crippen molar-refractivity contribution in [1.29, 1.82) is 0 Å². The van der Waals surface area contributed by atoms with Gasteiger partial charge in [0.2, 0.25) is 5.91 Å². The summed E-state index contributed by atoms with van der Waals surface area (Å²) in [6.45, 7) is 3.89. The van der Waals surface area contributed by atoms with E-state index in [1.165, 1.54) is 11.8 Å². The number of carbonyl (C=O) groups is 1. The van der Waals surface area contributed by atoms with Crippen LogP contribution >= 0.6 is 11.8 Å². The maximum atomic E-state index is 12.9. The van der Waals surface area contributed by atoms with Gasteiger partial charge < -0.3 is 5.32 Å². The summed E-state index contributed by atoms with van der Waals surface area (Å²) in [4.78, 5) is 30.1. The molecule has 0 saturated heterocycles. The Balaban J connectivity index is 1.58. The first kappa shape index (κ1) is 19.2. The van der Waals surface area contributed by atoms with Crippen molar-refractivity contribution < 1.29 is 4.79 Å². The van der Waals surface area contributed by atoms with Gasteiger partial charge in [-0.25, -0.2) is 4.98 Å². The second-order valence-electron chi connectivity index (χ2n) is 7.04. The van der Waals surface area contributed by atoms with E-state index in [4.69, 9.17) is 0 Å². The van der Waals surface area contributed by atoms with E-state index in [-0.39, 0.29) is 23.3 Å². The minimum Gasteiger partial charge on any atom is -0.325 e. The van der Waals surface area contributed by atoms with Crippen molar-refractivity contribution in [2.24, 2.45) is 0 Å². The highest BCUT2D eigenvalue weighted by molar-refractivity contribution is 7.99. The third-order valence-electron chi connectivity index (χ3n) is 4.69. The third kappa shape index (κ3) is 3.89. The van der Waals surface area contributed by atoms with Crippen LogP contribution in [0.2, 0.25) is 0 Å². The summed E-state index contributed by atoms with van der Waals surface area (Å²) < 4.78 is 1.65. The van der Waals surface area contributed by atoms with Crippen LogP contribution in [0.3, 0.4) is 0 Å². The van der Waals surface area contributed by atoms with Crippen LogP contribution in [0, 0.1) is 0 Å². The molecular formula is C23H21N3O2S. The predicted octanol–water partition coefficient (Wildman–Crippen LogP) is 4.86. The molecule has 0 spiro atoms. The molecule has 29 heavy (non-hydrogen) atoms. The first-order valence-corrected chi connectivity index (χ1v) is 10.4. The minimum absolute atomic E-state index is 0.0526. The number of amides is 1. The normalized spacial score (nSPS) is 11.3. The molecule has 6 heteroatoms. The van der Waals surface area contributed by atoms with E-state index >= 15 is 0 Å². The molecule has 0 unspecified atom stereocenters. The van der Waals surface area contributed by atoms with Crippen LogP contribution in [-0.4, -0.2) is 21.2 Å². The second-order valence-corrected chi connectivity index (χ2v) is 7.99. The first-order valence-electron chi connectivity index (χ1n) is 9.46. The van der Waals surface area contributed by atoms with Crippen molar-refractivity contribution in [1.82, 2.24) is 9.55 Å². The zero-order chi connectivity index (χ0) is 20.4. The number of benzene rings is 3. The van der Waals surface area contributed by atoms with Gasteiger partial charge in [-0.05, 0) is 37.4 Å². The van der Waals surface area contributed by atoms with Gasteiger partial charge in [-0.2, -0.15) is 0 Å². The van der Waals surface area contributed by atoms with Crippen molar-refractivity contribution in [3.05, 3.63) is 77.1 Å². The van der Waals surface area contributed by atoms with E-state index in [0.29, 0.717) is 16.1 Å². The van der Waals surface area contributed by atoms with E-state index in [2.05, 4.69) is 10.3 Å². The molecule has 1 amide bonds. The zero-order valence-electron chi connectivity index (χ0n) is 16.3. The highest BCUT2D eigenvalue weighted by Gasteiger charge is 2.15. The van der Waals surface area contributed by atoms with Crippen molar-refractivity contribution in [2.45, 2.75) is 25.0 Å². The topological polar surface area (TPSA) is 64.0 Å². The van der Waals surface area contributed by atoms with Gasteiger partial charge in [-0.3, -0.25) is 14.2 Å². The number of carbonyl (C=O) groups excluding carboxylic acids is 1. The summed E-state index contributed by atoms with van der Waals surface area (Å²) in [7, 11) is 0. The van der Waals surface area contributed by atoms with Crippen molar-refractivity contribution in [3.8, 4) is 0 Å². The van der Waals surface area contributed by atoms with Crippen LogP contribution in [0.15, 0.2) is 76.7 Å². The average molecular weight is 404 g/mol. The lowest BCUT2D eigenvalue weighted by molar-refractivity contribution is -0.113. The summed E-state index contributed by atoms with van der Waals surface area (Å²) in [5.74, 6) is 0.0323. The number of para-hydroxylation sites is 1. The third-order valence-corrected chi connectivity index (χ3v) is 5.64. The Labute approximate surface area is 172 Å². The summed E-state index contributed by atoms with van der Waals surface area (Å²) in [5.41, 5.74) is 1.34. The summed E-state index contributed by atoms with van der Waals surface area (Å²) in [5, 5.41) is 6.19. The molecule has 146 valence electrons. The first-order chi connectivity index (χ1) is 14.0. The van der Waals surface area contributed by atoms with Gasteiger partial charge in [-0.1, -0.05) is 60.3 Å². The minimum atomic E-state index is -0.135. The molecule has 1 N–H and O–H groups in total. The molecule has 3 aromatic carbocycles. The SMILES string of the molecule is CC(C)n1c(SCC(=O)Nc2cccc3ccccc23)nc2ccccc2c1=O. The fourth-order valence-corrected chi connectivity index (χ4v) is 4.26. The monoisotopic (exact) mass is 403 g/mol. The molecule has 0 aliphatic heterocycles. The standard InChI is InChI=1S/C23H21N3O2S/c1-15(2)26-22(28)18-11-5-6-12-20(18)25-23(26)29-14-21(27)24-19-13-7-9-16-8-3-4-10-17(16)19/h3-13,15H,14H2,1-2H3,(H,24,27). The van der Waals surface area contributed by atoms with Crippen LogP contribution < -0.4 is 10.9 Å². The highest BCUT2D eigenvalue weighted by Crippen LogP contribution is 2.24. The number of thioether (sulfide) groups is 1. The van der Waals surface area contributed by atoms with Crippen molar-refractivity contribution in [2.75, 3.05) is 11.1 Å². The number of anilines is 1. The molecule has 0 atom stereocenters. The molecular weight excluding hydrogens is 382 g/mol. The van der Waals surface area contributed by atoms with Gasteiger partial charge in [0.05, 0.1) is 16.7 Å². The molecule has 0 fully saturated rings. The van der Waals surface area contributed by atoms with E-state index in [9.17, 15) is 9.59 Å². The average Bonchev–Trinajstić information content (AvgIpc) is 2.72. The number of hydrogen-bond donors (Lipinski definition) is 1. The Morgan fingerprint density at radius 2 is 1.69 bits per heavy atom. The van der Waals surface area contributed by atoms with Crippen LogP contribution in [0.5, 0.6) is 0 Å². The molecule has 4 rings (SSSR count). The second kappa shape index (κ2) is 8.09. The lowest BCUT2D eigenvalue weighted by atomic mass is 10.1. The van der Waals surface area contributed by atoms with Gasteiger partial charge in [-0.15, -0.1) is 0 Å². The molecule has 1 aromatic heterocycles. The molecule has 5 nitrogen and oxygen atoms in total. The Morgan fingerprint density at radius 3 is 2.48 bits per heavy atom. The van der Waals surface area contributed by atoms with Gasteiger partial charge in [0.15, 0.2) is 5.16 Å². The predicted molar refractivity (Wildman–Crippen MR) is 120 cm³/mol. The number of rotatable bonds is 5. The van der Waals surface area contributed by atoms with Crippen LogP contribution in [-0.2, 0) is 4.79 Å². The van der Waals surface area contributed by atoms with Crippen LogP contribution in [0.4, 0.5) is 5.69 Å². The van der Waals surface area contributed by atoms with E-state index in [1.54, 1.807) is 10.6 Å². The van der Waals surface area contributed by atoms with E-state index < -0.39 is 0 Å². The zero-order valence-corrected chi connectivity index (χ0v) is 17.1. The number of nitrogens with one attached hydrogen (secondary N) is 1. The van der Waals surface area contributed by atoms with E-state index in [1.807, 2.05) is 74.5 Å². The molecule has 1 heterocycles. The smallest absolute Gasteiger partial charge is 0.262 e. The van der Waals surface area contributed by atoms with E-state index in [0.717, 1.165) is 16.5 Å². The Hall–Kier alpha value is -3.12. The molecule has 4 aromatic rings. The van der Waals surface area contributed by atoms with Crippen molar-refractivity contribution >= 4 is 45.0 Å². The quantitative estimate of drug-likeness (QED) is 0.382. The van der Waals surface area contributed by atoms with Crippen molar-refractivity contribution in [3.63, 3.8) is 0 Å². The highest BCUT2D eigenvalue weighted by atomic mass is 32.2. The van der Waals surface area contributed by atoms with Gasteiger partial charge in [0.1, 0.15) is 0 Å². The number of nitrogens with zero attached hydrogens (tertiary/aromatic N) is 2. The summed E-state index contributed by atoms with van der Waals surface area (Å²) in [6, 6.07) is 21.0. The lowest BCUT2D eigenvalue weighted by Crippen LogP contribution is -2.25. The van der Waals surface area contributed by atoms with Gasteiger partial charge >= 0.3 is 0 Å². The fourth-order valence-electron chi connectivity index (χ4n) is 3.33. The maximum absolute atomic E-state index is 12.9. The number of hydrogen-bond acceptors (Lipinski definition) is 4. The van der Waals surface area contributed by atoms with Gasteiger partial charge in [0.25, 0.3) is 5.56 Å². The summed E-state index contributed by atoms with van der Waals surface area (Å²) in [6.07, 6.45) is 0. The number of aromatic nitrogens is 2. The van der Waals surface area contributed by atoms with Crippen LogP contribution in [0.1, 0.15) is 19.9 Å². The Kier molecular flexibility index (Phi) is 5.36. The maximum Gasteiger partial charge on any atom is 0.262 e. The fraction of sp³-hybridized carbons (Fsp3) is 0.174. The van der Waals surface area contributed by atoms with Crippen LogP contribution in [0.25, 0.3) is 21.7 Å². The van der Waals surface area contributed by atoms with Gasteiger partial charge in [0, 0.05) is 17.1 Å². The molecule has 0 aliphatic rings.